The van der Waals surface area contributed by atoms with Crippen LogP contribution >= 0.6 is 0 Å². The summed E-state index contributed by atoms with van der Waals surface area (Å²) in [7, 11) is 0. The second kappa shape index (κ2) is 34.8. The number of hydrogen-bond donors (Lipinski definition) is 0. The third kappa shape index (κ3) is 21.8. The third-order valence-corrected chi connectivity index (χ3v) is 20.7. The van der Waals surface area contributed by atoms with Gasteiger partial charge in [-0.05, 0) is 365 Å². The van der Waals surface area contributed by atoms with E-state index < -0.39 is 46.8 Å². The van der Waals surface area contributed by atoms with Crippen molar-refractivity contribution in [2.45, 2.75) is 203 Å². The molecule has 0 radical (unpaired) electrons. The van der Waals surface area contributed by atoms with Gasteiger partial charge in [-0.15, -0.1) is 0 Å². The zero-order valence-electron chi connectivity index (χ0n) is 65.3. The number of halogens is 12. The van der Waals surface area contributed by atoms with Gasteiger partial charge in [0.15, 0.2) is 5.78 Å². The number of carbonyl (C=O) groups is 1. The van der Waals surface area contributed by atoms with Gasteiger partial charge in [0.2, 0.25) is 0 Å². The normalized spacial score (nSPS) is 11.5. The second-order valence-corrected chi connectivity index (χ2v) is 28.2. The molecular formula is C91H100F12O2. The predicted molar refractivity (Wildman–Crippen MR) is 408 cm³/mol. The zero-order chi connectivity index (χ0) is 79.7. The first-order valence-corrected chi connectivity index (χ1v) is 34.6. The highest BCUT2D eigenvalue weighted by atomic mass is 19.4. The van der Waals surface area contributed by atoms with Crippen LogP contribution < -0.4 is 4.74 Å². The maximum atomic E-state index is 13.9. The lowest BCUT2D eigenvalue weighted by Gasteiger charge is -2.34. The summed E-state index contributed by atoms with van der Waals surface area (Å²) in [5.74, 6) is 1.90. The van der Waals surface area contributed by atoms with Crippen LogP contribution in [-0.4, -0.2) is 12.0 Å². The Labute approximate surface area is 615 Å². The Morgan fingerprint density at radius 2 is 0.486 bits per heavy atom. The summed E-state index contributed by atoms with van der Waals surface area (Å²) >= 11 is 0. The first-order valence-electron chi connectivity index (χ1n) is 34.6. The number of ether oxygens (including phenoxy) is 1. The molecule has 0 fully saturated rings. The average molecular weight is 1450 g/mol. The van der Waals surface area contributed by atoms with Crippen molar-refractivity contribution >= 4 is 5.78 Å². The lowest BCUT2D eigenvalue weighted by atomic mass is 9.74. The van der Waals surface area contributed by atoms with Crippen molar-refractivity contribution in [2.24, 2.45) is 0 Å². The number of carbonyl (C=O) groups excluding carboxylic acids is 1. The zero-order valence-corrected chi connectivity index (χ0v) is 65.3. The van der Waals surface area contributed by atoms with E-state index in [1.807, 2.05) is 90.1 Å². The maximum absolute atomic E-state index is 13.9. The molecule has 0 bridgehead atoms. The molecule has 0 heterocycles. The van der Waals surface area contributed by atoms with Gasteiger partial charge in [0, 0.05) is 11.1 Å². The minimum atomic E-state index is -4.65. The van der Waals surface area contributed by atoms with Crippen LogP contribution in [0.3, 0.4) is 0 Å². The molecule has 0 aromatic heterocycles. The molecule has 0 aliphatic rings. The van der Waals surface area contributed by atoms with E-state index in [9.17, 15) is 57.5 Å². The highest BCUT2D eigenvalue weighted by Crippen LogP contribution is 2.48. The van der Waals surface area contributed by atoms with Crippen molar-refractivity contribution in [3.8, 4) is 22.6 Å². The molecule has 0 unspecified atom stereocenters. The topological polar surface area (TPSA) is 26.3 Å². The number of alkyl halides is 12. The summed E-state index contributed by atoms with van der Waals surface area (Å²) in [5.41, 5.74) is 19.9. The largest absolute Gasteiger partial charge is 0.457 e. The van der Waals surface area contributed by atoms with E-state index in [4.69, 9.17) is 4.74 Å². The summed E-state index contributed by atoms with van der Waals surface area (Å²) in [4.78, 5) is 12.4. The van der Waals surface area contributed by atoms with Gasteiger partial charge in [-0.3, -0.25) is 4.79 Å². The van der Waals surface area contributed by atoms with Crippen molar-refractivity contribution < 1.29 is 62.2 Å². The standard InChI is InChI=1S/C19H21F3.C17H18O.C16H18O.C16H18.C12H12F6.C11H13F3/c1-12-6-8-16(10-14(12)3)18(5,19(20,21)22)17-9-7-13(2)15(4)11-17;1-11-5-7-15(9-13(11)3)17(18)16-8-6-12(2)14(4)10-16;1-11-5-7-15(9-13(11)3)17-16-8-6-12(2)14(4)10-16;1-11-5-7-15(9-13(11)3)16-8-6-12(2)14(4)10-16;1-5-6(2)10(12(16,17)18)8(4)7(3)9(5)11(13,14)15;1-6-5-7(2)9(4)10(8(6)3)11(12,13)14/h6-11H,1-5H3;5-10H,1-4H3;5-10H,1-4H3;5-10H,1-4H3;1-4H3;5H,1-4H3. The van der Waals surface area contributed by atoms with Crippen LogP contribution in [0.25, 0.3) is 11.1 Å². The Morgan fingerprint density at radius 3 is 0.733 bits per heavy atom. The summed E-state index contributed by atoms with van der Waals surface area (Å²) in [6.45, 7) is 44.7. The van der Waals surface area contributed by atoms with E-state index in [1.165, 1.54) is 87.5 Å². The smallest absolute Gasteiger partial charge is 0.416 e. The molecule has 0 amide bonds. The molecule has 14 heteroatoms. The fourth-order valence-corrected chi connectivity index (χ4v) is 11.9. The van der Waals surface area contributed by atoms with Crippen LogP contribution in [0.5, 0.6) is 11.5 Å². The van der Waals surface area contributed by atoms with E-state index in [2.05, 4.69) is 130 Å². The fraction of sp³-hybridized carbons (Fsp3) is 0.330. The third-order valence-electron chi connectivity index (χ3n) is 20.7. The van der Waals surface area contributed by atoms with E-state index in [0.717, 1.165) is 83.7 Å². The minimum absolute atomic E-state index is 0.0983. The summed E-state index contributed by atoms with van der Waals surface area (Å²) in [6, 6.07) is 49.2. The van der Waals surface area contributed by atoms with Crippen molar-refractivity contribution in [1.29, 1.82) is 0 Å². The molecule has 560 valence electrons. The van der Waals surface area contributed by atoms with E-state index in [1.54, 1.807) is 56.3 Å². The number of aryl methyl sites for hydroxylation is 18. The number of rotatable bonds is 7. The van der Waals surface area contributed by atoms with Crippen molar-refractivity contribution in [3.63, 3.8) is 0 Å². The molecule has 10 aromatic rings. The van der Waals surface area contributed by atoms with Gasteiger partial charge in [-0.25, -0.2) is 0 Å². The molecule has 10 rings (SSSR count). The van der Waals surface area contributed by atoms with Gasteiger partial charge in [-0.2, -0.15) is 52.7 Å². The van der Waals surface area contributed by atoms with Gasteiger partial charge >= 0.3 is 24.7 Å². The SMILES string of the molecule is Cc1c(C)c(C(F)(F)F)c(C)c(C)c1C(F)(F)F.Cc1cc(C)c(C)c(C(F)(F)F)c1C.Cc1ccc(-c2ccc(C)c(C)c2)cc1C.Cc1ccc(C(=O)c2ccc(C)c(C)c2)cc1C.Cc1ccc(C(C)(c2ccc(C)c(C)c2)C(F)(F)F)cc1C.Cc1ccc(Oc2ccc(C)c(C)c2)cc1C. The first kappa shape index (κ1) is 86.5. The van der Waals surface area contributed by atoms with E-state index >= 15 is 0 Å². The van der Waals surface area contributed by atoms with Gasteiger partial charge in [0.1, 0.15) is 16.9 Å². The fourth-order valence-electron chi connectivity index (χ4n) is 11.9. The quantitative estimate of drug-likeness (QED) is 0.117. The maximum Gasteiger partial charge on any atom is 0.416 e. The van der Waals surface area contributed by atoms with Crippen LogP contribution in [-0.2, 0) is 23.9 Å². The van der Waals surface area contributed by atoms with Crippen LogP contribution in [0.4, 0.5) is 52.7 Å². The predicted octanol–water partition coefficient (Wildman–Crippen LogP) is 28.1. The van der Waals surface area contributed by atoms with Gasteiger partial charge < -0.3 is 4.74 Å². The van der Waals surface area contributed by atoms with E-state index in [-0.39, 0.29) is 39.2 Å². The molecule has 0 aliphatic heterocycles. The summed E-state index contributed by atoms with van der Waals surface area (Å²) in [6.07, 6.45) is -17.9. The van der Waals surface area contributed by atoms with Crippen LogP contribution in [0.2, 0.25) is 0 Å². The van der Waals surface area contributed by atoms with Gasteiger partial charge in [0.25, 0.3) is 0 Å². The van der Waals surface area contributed by atoms with E-state index in [0.29, 0.717) is 22.3 Å². The number of benzene rings is 10. The van der Waals surface area contributed by atoms with Crippen molar-refractivity contribution in [3.05, 3.63) is 324 Å². The minimum Gasteiger partial charge on any atom is -0.457 e. The lowest BCUT2D eigenvalue weighted by molar-refractivity contribution is -0.173. The second-order valence-electron chi connectivity index (χ2n) is 28.2. The molecule has 0 saturated carbocycles. The van der Waals surface area contributed by atoms with Crippen LogP contribution in [0.1, 0.15) is 184 Å². The Balaban J connectivity index is 0.000000227. The Morgan fingerprint density at radius 1 is 0.248 bits per heavy atom. The Kier molecular flexibility index (Phi) is 28.7. The molecule has 105 heavy (non-hydrogen) atoms. The average Bonchev–Trinajstić information content (AvgIpc) is 0.759. The van der Waals surface area contributed by atoms with Crippen molar-refractivity contribution in [2.75, 3.05) is 0 Å². The Bertz CT molecular complexity index is 4460. The van der Waals surface area contributed by atoms with Gasteiger partial charge in [-0.1, -0.05) is 115 Å². The molecule has 2 nitrogen and oxygen atoms in total. The van der Waals surface area contributed by atoms with Gasteiger partial charge in [0.05, 0.1) is 16.7 Å². The summed E-state index contributed by atoms with van der Waals surface area (Å²) < 4.78 is 163. The van der Waals surface area contributed by atoms with Crippen LogP contribution in [0.15, 0.2) is 152 Å². The molecule has 0 spiro atoms. The highest BCUT2D eigenvalue weighted by Gasteiger charge is 2.53. The molecular weight excluding hydrogens is 1350 g/mol. The first-order chi connectivity index (χ1) is 48.3. The summed E-state index contributed by atoms with van der Waals surface area (Å²) in [5, 5.41) is 0. The molecule has 0 saturated heterocycles. The lowest BCUT2D eigenvalue weighted by Crippen LogP contribution is -2.40. The molecule has 10 aromatic carbocycles. The van der Waals surface area contributed by atoms with Crippen molar-refractivity contribution in [1.82, 2.24) is 0 Å². The molecule has 0 N–H and O–H groups in total. The molecule has 0 aliphatic carbocycles. The number of hydrogen-bond acceptors (Lipinski definition) is 2. The Hall–Kier alpha value is -9.17. The monoisotopic (exact) mass is 1450 g/mol. The number of ketones is 1. The van der Waals surface area contributed by atoms with Crippen LogP contribution in [0, 0.1) is 166 Å². The highest BCUT2D eigenvalue weighted by molar-refractivity contribution is 6.09. The molecule has 0 atom stereocenters.